The Labute approximate surface area is 148 Å². The molecule has 2 heterocycles. The number of sulfonamides is 1. The van der Waals surface area contributed by atoms with E-state index >= 15 is 0 Å². The lowest BCUT2D eigenvalue weighted by molar-refractivity contribution is -0.122. The van der Waals surface area contributed by atoms with Crippen LogP contribution in [0.4, 0.5) is 0 Å². The van der Waals surface area contributed by atoms with Crippen LogP contribution >= 0.6 is 11.3 Å². The summed E-state index contributed by atoms with van der Waals surface area (Å²) in [6, 6.07) is 2.41. The maximum Gasteiger partial charge on any atom is 0.250 e. The van der Waals surface area contributed by atoms with E-state index in [-0.39, 0.29) is 10.1 Å². The molecule has 0 aromatic carbocycles. The summed E-state index contributed by atoms with van der Waals surface area (Å²) < 4.78 is 26.8. The van der Waals surface area contributed by atoms with Gasteiger partial charge in [-0.15, -0.1) is 11.3 Å². The molecule has 1 aliphatic heterocycles. The zero-order valence-electron chi connectivity index (χ0n) is 14.3. The van der Waals surface area contributed by atoms with Gasteiger partial charge >= 0.3 is 0 Å². The van der Waals surface area contributed by atoms with Crippen molar-refractivity contribution < 1.29 is 13.2 Å². The van der Waals surface area contributed by atoms with Crippen molar-refractivity contribution in [3.05, 3.63) is 17.5 Å². The molecule has 2 N–H and O–H groups in total. The van der Waals surface area contributed by atoms with Crippen LogP contribution < -0.4 is 10.0 Å². The summed E-state index contributed by atoms with van der Waals surface area (Å²) in [5.41, 5.74) is 0. The molecule has 1 aliphatic rings. The first kappa shape index (κ1) is 19.4. The Balaban J connectivity index is 1.68. The lowest BCUT2D eigenvalue weighted by atomic mass is 10.0. The van der Waals surface area contributed by atoms with Crippen LogP contribution in [0.3, 0.4) is 0 Å². The molecule has 1 aromatic heterocycles. The van der Waals surface area contributed by atoms with Crippen LogP contribution in [-0.4, -0.2) is 51.4 Å². The number of hydrogen-bond donors (Lipinski definition) is 2. The Morgan fingerprint density at radius 3 is 2.96 bits per heavy atom. The number of likely N-dealkylation sites (tertiary alicyclic amines) is 1. The maximum atomic E-state index is 12.1. The molecule has 0 aliphatic carbocycles. The molecule has 2 atom stereocenters. The summed E-state index contributed by atoms with van der Waals surface area (Å²) in [5, 5.41) is 4.51. The molecule has 24 heavy (non-hydrogen) atoms. The van der Waals surface area contributed by atoms with Crippen LogP contribution in [0.2, 0.25) is 0 Å². The first-order valence-corrected chi connectivity index (χ1v) is 10.8. The van der Waals surface area contributed by atoms with Gasteiger partial charge in [0.25, 0.3) is 10.0 Å². The Hall–Kier alpha value is -0.960. The Morgan fingerprint density at radius 2 is 2.29 bits per heavy atom. The van der Waals surface area contributed by atoms with Gasteiger partial charge in [0, 0.05) is 13.1 Å². The Morgan fingerprint density at radius 1 is 1.50 bits per heavy atom. The van der Waals surface area contributed by atoms with Crippen LogP contribution in [-0.2, 0) is 14.8 Å². The zero-order chi connectivity index (χ0) is 17.6. The monoisotopic (exact) mass is 373 g/mol. The summed E-state index contributed by atoms with van der Waals surface area (Å²) in [6.45, 7) is 7.64. The number of rotatable bonds is 8. The topological polar surface area (TPSA) is 78.5 Å². The van der Waals surface area contributed by atoms with Crippen molar-refractivity contribution in [3.8, 4) is 0 Å². The van der Waals surface area contributed by atoms with Gasteiger partial charge in [0.2, 0.25) is 5.91 Å². The highest BCUT2D eigenvalue weighted by Crippen LogP contribution is 2.16. The number of carbonyl (C=O) groups excluding carboxylic acids is 1. The van der Waals surface area contributed by atoms with Gasteiger partial charge in [-0.05, 0) is 56.6 Å². The van der Waals surface area contributed by atoms with E-state index in [0.29, 0.717) is 6.54 Å². The molecule has 1 aromatic rings. The first-order valence-electron chi connectivity index (χ1n) is 8.44. The van der Waals surface area contributed by atoms with Crippen molar-refractivity contribution in [1.29, 1.82) is 0 Å². The fourth-order valence-corrected chi connectivity index (χ4v) is 5.13. The van der Waals surface area contributed by atoms with E-state index in [0.717, 1.165) is 43.3 Å². The van der Waals surface area contributed by atoms with Crippen molar-refractivity contribution >= 4 is 27.3 Å². The van der Waals surface area contributed by atoms with Crippen LogP contribution in [0.15, 0.2) is 21.7 Å². The van der Waals surface area contributed by atoms with E-state index in [2.05, 4.69) is 21.9 Å². The summed E-state index contributed by atoms with van der Waals surface area (Å²) >= 11 is 1.13. The molecular formula is C16H27N3O3S2. The van der Waals surface area contributed by atoms with Crippen LogP contribution in [0.25, 0.3) is 0 Å². The van der Waals surface area contributed by atoms with E-state index in [1.54, 1.807) is 18.4 Å². The molecule has 1 saturated heterocycles. The third-order valence-corrected chi connectivity index (χ3v) is 7.11. The highest BCUT2D eigenvalue weighted by molar-refractivity contribution is 7.91. The molecular weight excluding hydrogens is 346 g/mol. The largest absolute Gasteiger partial charge is 0.355 e. The van der Waals surface area contributed by atoms with Crippen LogP contribution in [0.1, 0.15) is 33.1 Å². The Bertz CT molecular complexity index is 617. The SMILES string of the molecule is CC1CCCN(CCCNC(=O)C(C)NS(=O)(=O)c2cccs2)C1. The van der Waals surface area contributed by atoms with Gasteiger partial charge in [-0.2, -0.15) is 4.72 Å². The third kappa shape index (κ3) is 5.84. The first-order chi connectivity index (χ1) is 11.4. The molecule has 0 saturated carbocycles. The van der Waals surface area contributed by atoms with E-state index in [1.807, 2.05) is 0 Å². The van der Waals surface area contributed by atoms with E-state index in [1.165, 1.54) is 18.9 Å². The predicted octanol–water partition coefficient (Wildman–Crippen LogP) is 1.65. The smallest absolute Gasteiger partial charge is 0.250 e. The summed E-state index contributed by atoms with van der Waals surface area (Å²) in [6.07, 6.45) is 3.42. The van der Waals surface area contributed by atoms with E-state index in [4.69, 9.17) is 0 Å². The predicted molar refractivity (Wildman–Crippen MR) is 96.6 cm³/mol. The van der Waals surface area contributed by atoms with Crippen molar-refractivity contribution in [2.45, 2.75) is 43.4 Å². The summed E-state index contributed by atoms with van der Waals surface area (Å²) in [7, 11) is -3.62. The lowest BCUT2D eigenvalue weighted by Gasteiger charge is -2.30. The minimum Gasteiger partial charge on any atom is -0.355 e. The summed E-state index contributed by atoms with van der Waals surface area (Å²) in [4.78, 5) is 14.5. The maximum absolute atomic E-state index is 12.1. The Kier molecular flexibility index (Phi) is 7.21. The molecule has 0 spiro atoms. The van der Waals surface area contributed by atoms with Gasteiger partial charge in [-0.25, -0.2) is 8.42 Å². The summed E-state index contributed by atoms with van der Waals surface area (Å²) in [5.74, 6) is 0.460. The second-order valence-corrected chi connectivity index (χ2v) is 9.36. The van der Waals surface area contributed by atoms with Gasteiger partial charge in [0.1, 0.15) is 4.21 Å². The zero-order valence-corrected chi connectivity index (χ0v) is 16.0. The molecule has 2 unspecified atom stereocenters. The van der Waals surface area contributed by atoms with Crippen LogP contribution in [0, 0.1) is 5.92 Å². The average Bonchev–Trinajstić information content (AvgIpc) is 3.06. The van der Waals surface area contributed by atoms with Crippen molar-refractivity contribution in [3.63, 3.8) is 0 Å². The molecule has 8 heteroatoms. The second kappa shape index (κ2) is 8.94. The van der Waals surface area contributed by atoms with E-state index < -0.39 is 16.1 Å². The highest BCUT2D eigenvalue weighted by atomic mass is 32.2. The minimum atomic E-state index is -3.62. The minimum absolute atomic E-state index is 0.223. The van der Waals surface area contributed by atoms with Crippen molar-refractivity contribution in [2.75, 3.05) is 26.2 Å². The highest BCUT2D eigenvalue weighted by Gasteiger charge is 2.22. The molecule has 1 amide bonds. The molecule has 136 valence electrons. The lowest BCUT2D eigenvalue weighted by Crippen LogP contribution is -2.45. The number of thiophene rings is 1. The number of piperidine rings is 1. The number of nitrogens with zero attached hydrogens (tertiary/aromatic N) is 1. The number of carbonyl (C=O) groups is 1. The van der Waals surface area contributed by atoms with Crippen LogP contribution in [0.5, 0.6) is 0 Å². The van der Waals surface area contributed by atoms with E-state index in [9.17, 15) is 13.2 Å². The van der Waals surface area contributed by atoms with Gasteiger partial charge in [-0.1, -0.05) is 13.0 Å². The van der Waals surface area contributed by atoms with Gasteiger partial charge in [0.15, 0.2) is 0 Å². The number of nitrogens with one attached hydrogen (secondary N) is 2. The quantitative estimate of drug-likeness (QED) is 0.679. The fraction of sp³-hybridized carbons (Fsp3) is 0.688. The second-order valence-electron chi connectivity index (χ2n) is 6.47. The molecule has 6 nitrogen and oxygen atoms in total. The third-order valence-electron chi connectivity index (χ3n) is 4.18. The van der Waals surface area contributed by atoms with Gasteiger partial charge in [-0.3, -0.25) is 4.79 Å². The van der Waals surface area contributed by atoms with Crippen molar-refractivity contribution in [2.24, 2.45) is 5.92 Å². The van der Waals surface area contributed by atoms with Gasteiger partial charge < -0.3 is 10.2 Å². The number of amides is 1. The number of hydrogen-bond acceptors (Lipinski definition) is 5. The van der Waals surface area contributed by atoms with Gasteiger partial charge in [0.05, 0.1) is 6.04 Å². The fourth-order valence-electron chi connectivity index (χ4n) is 2.92. The molecule has 0 radical (unpaired) electrons. The molecule has 1 fully saturated rings. The normalized spacial score (nSPS) is 20.7. The van der Waals surface area contributed by atoms with Crippen molar-refractivity contribution in [1.82, 2.24) is 14.9 Å². The standard InChI is InChI=1S/C16H27N3O3S2/c1-13-6-3-9-19(12-13)10-5-8-17-16(20)14(2)18-24(21,22)15-7-4-11-23-15/h4,7,11,13-14,18H,3,5-6,8-10,12H2,1-2H3,(H,17,20). The molecule has 0 bridgehead atoms. The molecule has 2 rings (SSSR count). The average molecular weight is 374 g/mol.